The van der Waals surface area contributed by atoms with Crippen LogP contribution in [-0.2, 0) is 7.05 Å². The zero-order valence-corrected chi connectivity index (χ0v) is 10.0. The van der Waals surface area contributed by atoms with Crippen LogP contribution in [0.4, 0.5) is 0 Å². The molecule has 2 heterocycles. The average Bonchev–Trinajstić information content (AvgIpc) is 2.92. The van der Waals surface area contributed by atoms with Crippen LogP contribution in [-0.4, -0.2) is 9.55 Å². The lowest BCUT2D eigenvalue weighted by Gasteiger charge is -2.01. The molecule has 0 spiro atoms. The van der Waals surface area contributed by atoms with Crippen molar-refractivity contribution >= 4 is 21.4 Å². The number of nitrogens with zero attached hydrogens (tertiary/aromatic N) is 3. The molecule has 17 heavy (non-hydrogen) atoms. The second kappa shape index (κ2) is 3.72. The topological polar surface area (TPSA) is 41.6 Å². The lowest BCUT2D eigenvalue weighted by molar-refractivity contribution is 0.923. The van der Waals surface area contributed by atoms with E-state index in [4.69, 9.17) is 5.26 Å². The standard InChI is InChI=1S/C13H9N3S/c1-16-8-15-11(6-14)13(16)10-7-17-12-5-3-2-4-9(10)12/h2-5,7-8H,1H3. The largest absolute Gasteiger partial charge is 0.333 e. The van der Waals surface area contributed by atoms with Crippen LogP contribution in [0.15, 0.2) is 36.0 Å². The molecule has 82 valence electrons. The first-order valence-electron chi connectivity index (χ1n) is 5.19. The first-order chi connectivity index (χ1) is 8.31. The summed E-state index contributed by atoms with van der Waals surface area (Å²) >= 11 is 1.69. The number of fused-ring (bicyclic) bond motifs is 1. The number of nitriles is 1. The van der Waals surface area contributed by atoms with Gasteiger partial charge in [-0.1, -0.05) is 18.2 Å². The van der Waals surface area contributed by atoms with E-state index in [0.29, 0.717) is 5.69 Å². The molecule has 0 fully saturated rings. The maximum atomic E-state index is 9.08. The van der Waals surface area contributed by atoms with Crippen molar-refractivity contribution in [2.45, 2.75) is 0 Å². The van der Waals surface area contributed by atoms with Gasteiger partial charge in [-0.15, -0.1) is 11.3 Å². The van der Waals surface area contributed by atoms with Crippen molar-refractivity contribution in [1.82, 2.24) is 9.55 Å². The van der Waals surface area contributed by atoms with Crippen LogP contribution in [0.25, 0.3) is 21.3 Å². The van der Waals surface area contributed by atoms with Crippen molar-refractivity contribution in [2.24, 2.45) is 7.05 Å². The molecular weight excluding hydrogens is 230 g/mol. The molecule has 0 saturated heterocycles. The van der Waals surface area contributed by atoms with Gasteiger partial charge >= 0.3 is 0 Å². The second-order valence-electron chi connectivity index (χ2n) is 3.81. The third-order valence-corrected chi connectivity index (χ3v) is 3.74. The van der Waals surface area contributed by atoms with Gasteiger partial charge in [0, 0.05) is 28.1 Å². The molecule has 3 aromatic rings. The summed E-state index contributed by atoms with van der Waals surface area (Å²) in [7, 11) is 1.91. The summed E-state index contributed by atoms with van der Waals surface area (Å²) < 4.78 is 3.13. The normalized spacial score (nSPS) is 10.6. The summed E-state index contributed by atoms with van der Waals surface area (Å²) in [6.45, 7) is 0. The molecule has 0 atom stereocenters. The van der Waals surface area contributed by atoms with Crippen LogP contribution < -0.4 is 0 Å². The Kier molecular flexibility index (Phi) is 2.20. The molecule has 3 nitrogen and oxygen atoms in total. The lowest BCUT2D eigenvalue weighted by atomic mass is 10.1. The summed E-state index contributed by atoms with van der Waals surface area (Å²) in [6.07, 6.45) is 1.68. The third-order valence-electron chi connectivity index (χ3n) is 2.78. The van der Waals surface area contributed by atoms with E-state index in [1.165, 1.54) is 10.1 Å². The van der Waals surface area contributed by atoms with E-state index in [-0.39, 0.29) is 0 Å². The van der Waals surface area contributed by atoms with E-state index in [2.05, 4.69) is 28.6 Å². The van der Waals surface area contributed by atoms with Crippen LogP contribution in [0.5, 0.6) is 0 Å². The highest BCUT2D eigenvalue weighted by molar-refractivity contribution is 7.17. The Labute approximate surface area is 103 Å². The highest BCUT2D eigenvalue weighted by Gasteiger charge is 2.14. The number of rotatable bonds is 1. The Morgan fingerprint density at radius 1 is 1.35 bits per heavy atom. The van der Waals surface area contributed by atoms with Crippen molar-refractivity contribution in [3.63, 3.8) is 0 Å². The van der Waals surface area contributed by atoms with Gasteiger partial charge in [0.05, 0.1) is 12.0 Å². The first kappa shape index (κ1) is 10.1. The van der Waals surface area contributed by atoms with Crippen molar-refractivity contribution in [1.29, 1.82) is 5.26 Å². The van der Waals surface area contributed by atoms with Gasteiger partial charge in [0.15, 0.2) is 5.69 Å². The Hall–Kier alpha value is -2.12. The molecule has 0 amide bonds. The minimum absolute atomic E-state index is 0.482. The number of hydrogen-bond acceptors (Lipinski definition) is 3. The van der Waals surface area contributed by atoms with Crippen molar-refractivity contribution in [3.05, 3.63) is 41.7 Å². The maximum Gasteiger partial charge on any atom is 0.166 e. The van der Waals surface area contributed by atoms with Crippen molar-refractivity contribution in [3.8, 4) is 17.3 Å². The molecule has 0 bridgehead atoms. The van der Waals surface area contributed by atoms with Gasteiger partial charge in [-0.05, 0) is 6.07 Å². The lowest BCUT2D eigenvalue weighted by Crippen LogP contribution is -1.90. The molecule has 4 heteroatoms. The Morgan fingerprint density at radius 3 is 3.00 bits per heavy atom. The van der Waals surface area contributed by atoms with Gasteiger partial charge in [-0.25, -0.2) is 4.98 Å². The van der Waals surface area contributed by atoms with Gasteiger partial charge in [0.2, 0.25) is 0 Å². The Balaban J connectivity index is 2.35. The molecule has 0 unspecified atom stereocenters. The number of aryl methyl sites for hydroxylation is 1. The number of imidazole rings is 1. The van der Waals surface area contributed by atoms with E-state index in [1.807, 2.05) is 23.7 Å². The van der Waals surface area contributed by atoms with E-state index in [9.17, 15) is 0 Å². The van der Waals surface area contributed by atoms with Crippen LogP contribution in [0.1, 0.15) is 5.69 Å². The predicted molar refractivity (Wildman–Crippen MR) is 68.7 cm³/mol. The quantitative estimate of drug-likeness (QED) is 0.654. The number of hydrogen-bond donors (Lipinski definition) is 0. The second-order valence-corrected chi connectivity index (χ2v) is 4.72. The van der Waals surface area contributed by atoms with Crippen LogP contribution in [0.2, 0.25) is 0 Å². The number of aromatic nitrogens is 2. The van der Waals surface area contributed by atoms with E-state index in [0.717, 1.165) is 11.3 Å². The molecule has 0 aliphatic rings. The Morgan fingerprint density at radius 2 is 2.18 bits per heavy atom. The van der Waals surface area contributed by atoms with Crippen LogP contribution >= 0.6 is 11.3 Å². The predicted octanol–water partition coefficient (Wildman–Crippen LogP) is 3.17. The minimum atomic E-state index is 0.482. The minimum Gasteiger partial charge on any atom is -0.333 e. The first-order valence-corrected chi connectivity index (χ1v) is 6.07. The van der Waals surface area contributed by atoms with Gasteiger partial charge < -0.3 is 4.57 Å². The van der Waals surface area contributed by atoms with Crippen molar-refractivity contribution in [2.75, 3.05) is 0 Å². The molecular formula is C13H9N3S. The van der Waals surface area contributed by atoms with Crippen LogP contribution in [0.3, 0.4) is 0 Å². The van der Waals surface area contributed by atoms with Gasteiger partial charge in [0.25, 0.3) is 0 Å². The average molecular weight is 239 g/mol. The molecule has 1 aromatic carbocycles. The van der Waals surface area contributed by atoms with Gasteiger partial charge in [-0.2, -0.15) is 5.26 Å². The van der Waals surface area contributed by atoms with Gasteiger partial charge in [-0.3, -0.25) is 0 Å². The molecule has 0 saturated carbocycles. The monoisotopic (exact) mass is 239 g/mol. The molecule has 0 aliphatic carbocycles. The SMILES string of the molecule is Cn1cnc(C#N)c1-c1csc2ccccc12. The van der Waals surface area contributed by atoms with E-state index >= 15 is 0 Å². The van der Waals surface area contributed by atoms with Gasteiger partial charge in [0.1, 0.15) is 6.07 Å². The highest BCUT2D eigenvalue weighted by Crippen LogP contribution is 2.34. The van der Waals surface area contributed by atoms with Crippen LogP contribution in [0, 0.1) is 11.3 Å². The third kappa shape index (κ3) is 1.44. The highest BCUT2D eigenvalue weighted by atomic mass is 32.1. The fraction of sp³-hybridized carbons (Fsp3) is 0.0769. The summed E-state index contributed by atoms with van der Waals surface area (Å²) in [5.74, 6) is 0. The molecule has 0 radical (unpaired) electrons. The zero-order valence-electron chi connectivity index (χ0n) is 9.21. The van der Waals surface area contributed by atoms with Crippen molar-refractivity contribution < 1.29 is 0 Å². The summed E-state index contributed by atoms with van der Waals surface area (Å²) in [5, 5.41) is 12.3. The number of benzene rings is 1. The fourth-order valence-corrected chi connectivity index (χ4v) is 2.94. The molecule has 0 N–H and O–H groups in total. The zero-order chi connectivity index (χ0) is 11.8. The summed E-state index contributed by atoms with van der Waals surface area (Å²) in [5.41, 5.74) is 2.46. The Bertz CT molecular complexity index is 731. The summed E-state index contributed by atoms with van der Waals surface area (Å²) in [4.78, 5) is 4.10. The summed E-state index contributed by atoms with van der Waals surface area (Å²) in [6, 6.07) is 10.3. The molecule has 2 aromatic heterocycles. The fourth-order valence-electron chi connectivity index (χ4n) is 1.99. The maximum absolute atomic E-state index is 9.08. The smallest absolute Gasteiger partial charge is 0.166 e. The molecule has 0 aliphatic heterocycles. The molecule has 3 rings (SSSR count). The number of thiophene rings is 1. The van der Waals surface area contributed by atoms with E-state index in [1.54, 1.807) is 17.7 Å². The van der Waals surface area contributed by atoms with E-state index < -0.39 is 0 Å².